The van der Waals surface area contributed by atoms with Gasteiger partial charge in [0.05, 0.1) is 18.1 Å². The fourth-order valence-corrected chi connectivity index (χ4v) is 3.20. The van der Waals surface area contributed by atoms with Gasteiger partial charge in [0.25, 0.3) is 0 Å². The van der Waals surface area contributed by atoms with Gasteiger partial charge in [0.2, 0.25) is 5.95 Å². The number of benzene rings is 1. The number of rotatable bonds is 7. The Morgan fingerprint density at radius 1 is 1.29 bits per heavy atom. The van der Waals surface area contributed by atoms with Gasteiger partial charge in [-0.05, 0) is 25.9 Å². The zero-order chi connectivity index (χ0) is 17.1. The lowest BCUT2D eigenvalue weighted by Crippen LogP contribution is -2.33. The van der Waals surface area contributed by atoms with E-state index in [1.165, 1.54) is 12.8 Å². The maximum Gasteiger partial charge on any atom is 0.203 e. The van der Waals surface area contributed by atoms with Crippen molar-refractivity contribution in [2.45, 2.75) is 18.9 Å². The van der Waals surface area contributed by atoms with Gasteiger partial charge < -0.3 is 29.4 Å². The molecule has 0 saturated carbocycles. The van der Waals surface area contributed by atoms with E-state index in [-0.39, 0.29) is 6.61 Å². The smallest absolute Gasteiger partial charge is 0.203 e. The quantitative estimate of drug-likeness (QED) is 0.799. The number of aliphatic hydroxyl groups excluding tert-OH is 1. The Morgan fingerprint density at radius 3 is 2.71 bits per heavy atom. The molecule has 1 saturated heterocycles. The fourth-order valence-electron chi connectivity index (χ4n) is 3.20. The highest BCUT2D eigenvalue weighted by Gasteiger charge is 2.18. The maximum atomic E-state index is 10.2. The van der Waals surface area contributed by atoms with Crippen molar-refractivity contribution >= 4 is 17.0 Å². The molecule has 1 aromatic carbocycles. The van der Waals surface area contributed by atoms with Crippen LogP contribution in [0.4, 0.5) is 5.95 Å². The van der Waals surface area contributed by atoms with Crippen LogP contribution in [0.3, 0.4) is 0 Å². The molecule has 2 aromatic rings. The summed E-state index contributed by atoms with van der Waals surface area (Å²) in [7, 11) is 5.40. The molecule has 1 aliphatic heterocycles. The molecule has 1 aromatic heterocycles. The zero-order valence-corrected chi connectivity index (χ0v) is 14.6. The molecular formula is C17H26N4O3. The second-order valence-electron chi connectivity index (χ2n) is 6.21. The summed E-state index contributed by atoms with van der Waals surface area (Å²) < 4.78 is 13.2. The molecule has 7 nitrogen and oxygen atoms in total. The monoisotopic (exact) mass is 334 g/mol. The van der Waals surface area contributed by atoms with E-state index >= 15 is 0 Å². The van der Waals surface area contributed by atoms with E-state index in [0.717, 1.165) is 30.1 Å². The first kappa shape index (κ1) is 16.9. The first-order chi connectivity index (χ1) is 11.6. The normalized spacial score (nSPS) is 16.5. The number of ether oxygens (including phenoxy) is 2. The second-order valence-corrected chi connectivity index (χ2v) is 6.21. The lowest BCUT2D eigenvalue weighted by atomic mass is 10.2. The summed E-state index contributed by atoms with van der Waals surface area (Å²) in [6, 6.07) is 3.77. The zero-order valence-electron chi connectivity index (χ0n) is 14.6. The highest BCUT2D eigenvalue weighted by molar-refractivity contribution is 5.82. The van der Waals surface area contributed by atoms with Crippen LogP contribution in [-0.2, 0) is 7.05 Å². The van der Waals surface area contributed by atoms with E-state index < -0.39 is 6.10 Å². The first-order valence-electron chi connectivity index (χ1n) is 8.37. The first-order valence-corrected chi connectivity index (χ1v) is 8.37. The van der Waals surface area contributed by atoms with Crippen molar-refractivity contribution in [3.8, 4) is 11.5 Å². The minimum atomic E-state index is -0.514. The van der Waals surface area contributed by atoms with Crippen LogP contribution < -0.4 is 14.8 Å². The van der Waals surface area contributed by atoms with Gasteiger partial charge in [-0.1, -0.05) is 0 Å². The van der Waals surface area contributed by atoms with Crippen LogP contribution in [0.25, 0.3) is 11.0 Å². The molecule has 1 atom stereocenters. The van der Waals surface area contributed by atoms with E-state index in [0.29, 0.717) is 18.0 Å². The fraction of sp³-hybridized carbons (Fsp3) is 0.588. The third-order valence-corrected chi connectivity index (χ3v) is 4.49. The standard InChI is InChI=1S/C17H26N4O3/c1-18-17-19-13-8-16(15(23-3)9-14(13)20(17)2)24-11-12(22)10-21-6-4-5-7-21/h8-9,12,22H,4-7,10-11H2,1-3H3,(H,18,19)/t12-/m1/s1. The number of aryl methyl sites for hydroxylation is 1. The molecular weight excluding hydrogens is 308 g/mol. The summed E-state index contributed by atoms with van der Waals surface area (Å²) in [5, 5.41) is 13.3. The van der Waals surface area contributed by atoms with Crippen LogP contribution in [0.5, 0.6) is 11.5 Å². The molecule has 0 spiro atoms. The Labute approximate surface area is 142 Å². The van der Waals surface area contributed by atoms with Crippen LogP contribution >= 0.6 is 0 Å². The van der Waals surface area contributed by atoms with Gasteiger partial charge in [-0.25, -0.2) is 4.98 Å². The topological polar surface area (TPSA) is 71.8 Å². The lowest BCUT2D eigenvalue weighted by molar-refractivity contribution is 0.0747. The van der Waals surface area contributed by atoms with Gasteiger partial charge in [-0.3, -0.25) is 0 Å². The summed E-state index contributed by atoms with van der Waals surface area (Å²) >= 11 is 0. The van der Waals surface area contributed by atoms with Crippen LogP contribution in [0.15, 0.2) is 12.1 Å². The molecule has 2 heterocycles. The number of anilines is 1. The molecule has 2 N–H and O–H groups in total. The molecule has 132 valence electrons. The average molecular weight is 334 g/mol. The predicted molar refractivity (Wildman–Crippen MR) is 94.0 cm³/mol. The number of β-amino-alcohol motifs (C(OH)–C–C–N with tert-alkyl or cyclic N) is 1. The number of aromatic nitrogens is 2. The number of nitrogens with zero attached hydrogens (tertiary/aromatic N) is 3. The van der Waals surface area contributed by atoms with Gasteiger partial charge in [-0.2, -0.15) is 0 Å². The van der Waals surface area contributed by atoms with Crippen molar-refractivity contribution in [2.24, 2.45) is 7.05 Å². The van der Waals surface area contributed by atoms with Gasteiger partial charge >= 0.3 is 0 Å². The Balaban J connectivity index is 1.72. The number of imidazole rings is 1. The highest BCUT2D eigenvalue weighted by Crippen LogP contribution is 2.33. The van der Waals surface area contributed by atoms with Crippen LogP contribution in [0.1, 0.15) is 12.8 Å². The lowest BCUT2D eigenvalue weighted by Gasteiger charge is -2.20. The number of methoxy groups -OCH3 is 1. The van der Waals surface area contributed by atoms with E-state index in [1.54, 1.807) is 7.11 Å². The Morgan fingerprint density at radius 2 is 2.04 bits per heavy atom. The van der Waals surface area contributed by atoms with Crippen molar-refractivity contribution < 1.29 is 14.6 Å². The van der Waals surface area contributed by atoms with E-state index in [9.17, 15) is 5.11 Å². The van der Waals surface area contributed by atoms with Gasteiger partial charge in [0.15, 0.2) is 11.5 Å². The molecule has 0 aliphatic carbocycles. The number of likely N-dealkylation sites (tertiary alicyclic amines) is 1. The number of hydrogen-bond acceptors (Lipinski definition) is 6. The van der Waals surface area contributed by atoms with Crippen LogP contribution in [0, 0.1) is 0 Å². The molecule has 0 radical (unpaired) electrons. The molecule has 1 fully saturated rings. The molecule has 24 heavy (non-hydrogen) atoms. The van der Waals surface area contributed by atoms with E-state index in [2.05, 4.69) is 15.2 Å². The van der Waals surface area contributed by atoms with Gasteiger partial charge in [0.1, 0.15) is 12.7 Å². The predicted octanol–water partition coefficient (Wildman–Crippen LogP) is 1.46. The van der Waals surface area contributed by atoms with Crippen molar-refractivity contribution in [3.05, 3.63) is 12.1 Å². The maximum absolute atomic E-state index is 10.2. The van der Waals surface area contributed by atoms with Crippen molar-refractivity contribution in [1.82, 2.24) is 14.5 Å². The third-order valence-electron chi connectivity index (χ3n) is 4.49. The van der Waals surface area contributed by atoms with Crippen LogP contribution in [-0.4, -0.2) is 66.1 Å². The van der Waals surface area contributed by atoms with E-state index in [1.807, 2.05) is 30.8 Å². The van der Waals surface area contributed by atoms with Gasteiger partial charge in [0, 0.05) is 32.8 Å². The largest absolute Gasteiger partial charge is 0.493 e. The molecule has 0 bridgehead atoms. The Kier molecular flexibility index (Phi) is 5.11. The van der Waals surface area contributed by atoms with Gasteiger partial charge in [-0.15, -0.1) is 0 Å². The van der Waals surface area contributed by atoms with Crippen molar-refractivity contribution in [3.63, 3.8) is 0 Å². The minimum absolute atomic E-state index is 0.240. The molecule has 3 rings (SSSR count). The SMILES string of the molecule is CNc1nc2cc(OC[C@H](O)CN3CCCC3)c(OC)cc2n1C. The average Bonchev–Trinajstić information content (AvgIpc) is 3.20. The summed E-state index contributed by atoms with van der Waals surface area (Å²) in [6.07, 6.45) is 1.91. The summed E-state index contributed by atoms with van der Waals surface area (Å²) in [4.78, 5) is 6.79. The summed E-state index contributed by atoms with van der Waals surface area (Å²) in [5.74, 6) is 2.02. The third kappa shape index (κ3) is 3.42. The number of fused-ring (bicyclic) bond motifs is 1. The number of nitrogens with one attached hydrogen (secondary N) is 1. The molecule has 1 aliphatic rings. The van der Waals surface area contributed by atoms with Crippen molar-refractivity contribution in [1.29, 1.82) is 0 Å². The summed E-state index contributed by atoms with van der Waals surface area (Å²) in [5.41, 5.74) is 1.79. The summed E-state index contributed by atoms with van der Waals surface area (Å²) in [6.45, 7) is 3.02. The van der Waals surface area contributed by atoms with Crippen molar-refractivity contribution in [2.75, 3.05) is 45.7 Å². The number of aliphatic hydroxyl groups is 1. The molecule has 0 amide bonds. The van der Waals surface area contributed by atoms with Crippen LogP contribution in [0.2, 0.25) is 0 Å². The molecule has 0 unspecified atom stereocenters. The highest BCUT2D eigenvalue weighted by atomic mass is 16.5. The minimum Gasteiger partial charge on any atom is -0.493 e. The Hall–Kier alpha value is -1.99. The number of hydrogen-bond donors (Lipinski definition) is 2. The Bertz CT molecular complexity index is 695. The van der Waals surface area contributed by atoms with E-state index in [4.69, 9.17) is 9.47 Å². The second kappa shape index (κ2) is 7.27. The molecule has 7 heteroatoms.